The number of carbonyl (C=O) groups excluding carboxylic acids is 3. The fourth-order valence-corrected chi connectivity index (χ4v) is 8.70. The third-order valence-electron chi connectivity index (χ3n) is 10.5. The predicted molar refractivity (Wildman–Crippen MR) is 125 cm³/mol. The van der Waals surface area contributed by atoms with Gasteiger partial charge in [-0.25, -0.2) is 0 Å². The summed E-state index contributed by atoms with van der Waals surface area (Å²) >= 11 is 0. The van der Waals surface area contributed by atoms with Crippen molar-refractivity contribution < 1.29 is 19.1 Å². The van der Waals surface area contributed by atoms with Crippen molar-refractivity contribution in [1.82, 2.24) is 14.7 Å². The maximum absolute atomic E-state index is 14.0. The first-order valence-corrected chi connectivity index (χ1v) is 12.6. The number of amides is 3. The summed E-state index contributed by atoms with van der Waals surface area (Å²) in [7, 11) is 3.74. The van der Waals surface area contributed by atoms with Gasteiger partial charge < -0.3 is 19.4 Å². The summed E-state index contributed by atoms with van der Waals surface area (Å²) in [6.45, 7) is 6.79. The van der Waals surface area contributed by atoms with Crippen LogP contribution in [0.3, 0.4) is 0 Å². The number of piperidine rings is 2. The second-order valence-electron chi connectivity index (χ2n) is 12.0. The van der Waals surface area contributed by atoms with E-state index in [4.69, 9.17) is 4.74 Å². The van der Waals surface area contributed by atoms with Crippen LogP contribution in [-0.4, -0.2) is 69.9 Å². The van der Waals surface area contributed by atoms with Crippen LogP contribution in [0.15, 0.2) is 30.3 Å². The Morgan fingerprint density at radius 2 is 1.74 bits per heavy atom. The van der Waals surface area contributed by atoms with Crippen molar-refractivity contribution in [3.8, 4) is 0 Å². The number of hydrogen-bond donors (Lipinski definition) is 0. The molecule has 0 aromatic heterocycles. The lowest BCUT2D eigenvalue weighted by atomic mass is 9.61. The highest BCUT2D eigenvalue weighted by atomic mass is 16.5. The number of likely N-dealkylation sites (tertiary alicyclic amines) is 1. The second-order valence-corrected chi connectivity index (χ2v) is 12.0. The molecule has 6 fully saturated rings. The summed E-state index contributed by atoms with van der Waals surface area (Å²) in [6.07, 6.45) is 2.78. The Hall–Kier alpha value is -2.41. The smallest absolute Gasteiger partial charge is 0.249 e. The molecule has 1 saturated carbocycles. The first-order valence-electron chi connectivity index (χ1n) is 12.6. The molecular weight excluding hydrogens is 430 g/mol. The van der Waals surface area contributed by atoms with Crippen molar-refractivity contribution in [3.63, 3.8) is 0 Å². The quantitative estimate of drug-likeness (QED) is 0.688. The Bertz CT molecular complexity index is 1090. The average molecular weight is 466 g/mol. The number of fused-ring (bicyclic) bond motifs is 2. The molecule has 34 heavy (non-hydrogen) atoms. The van der Waals surface area contributed by atoms with Gasteiger partial charge in [0.05, 0.1) is 23.6 Å². The van der Waals surface area contributed by atoms with Crippen LogP contribution in [0.4, 0.5) is 0 Å². The largest absolute Gasteiger partial charge is 0.354 e. The average Bonchev–Trinajstić information content (AvgIpc) is 3.30. The van der Waals surface area contributed by atoms with Crippen LogP contribution >= 0.6 is 0 Å². The lowest BCUT2D eigenvalue weighted by molar-refractivity contribution is -0.196. The molecule has 0 N–H and O–H groups in total. The van der Waals surface area contributed by atoms with Crippen LogP contribution in [-0.2, 0) is 25.7 Å². The number of benzene rings is 1. The lowest BCUT2D eigenvalue weighted by Crippen LogP contribution is -2.81. The summed E-state index contributed by atoms with van der Waals surface area (Å²) in [4.78, 5) is 46.9. The van der Waals surface area contributed by atoms with Gasteiger partial charge in [-0.1, -0.05) is 51.1 Å². The molecule has 5 aliphatic heterocycles. The summed E-state index contributed by atoms with van der Waals surface area (Å²) in [5, 5.41) is 0. The van der Waals surface area contributed by atoms with Crippen molar-refractivity contribution in [3.05, 3.63) is 35.9 Å². The SMILES string of the molecule is C[C@H]1CC(=O)N2C3C(C)(C)[C@@]4(CC(OCc5ccccc5)N(C)C4=O)C[C@]34CC[C@]12C(=O)N4C. The molecule has 5 heterocycles. The highest BCUT2D eigenvalue weighted by molar-refractivity contribution is 5.99. The van der Waals surface area contributed by atoms with Crippen LogP contribution in [0, 0.1) is 16.7 Å². The maximum atomic E-state index is 14.0. The van der Waals surface area contributed by atoms with Crippen LogP contribution in [0.1, 0.15) is 58.4 Å². The number of likely N-dealkylation sites (N-methyl/N-ethyl adjacent to an activating group) is 1. The van der Waals surface area contributed by atoms with E-state index in [0.29, 0.717) is 32.3 Å². The minimum absolute atomic E-state index is 0.00972. The molecule has 2 bridgehead atoms. The van der Waals surface area contributed by atoms with Crippen LogP contribution < -0.4 is 0 Å². The first-order chi connectivity index (χ1) is 16.0. The van der Waals surface area contributed by atoms with E-state index in [0.717, 1.165) is 12.0 Å². The first kappa shape index (κ1) is 22.1. The molecule has 7 nitrogen and oxygen atoms in total. The Morgan fingerprint density at radius 1 is 1.03 bits per heavy atom. The van der Waals surface area contributed by atoms with E-state index < -0.39 is 21.9 Å². The van der Waals surface area contributed by atoms with Gasteiger partial charge in [0.2, 0.25) is 17.7 Å². The van der Waals surface area contributed by atoms with Gasteiger partial charge in [-0.05, 0) is 30.7 Å². The lowest BCUT2D eigenvalue weighted by Gasteiger charge is -2.65. The van der Waals surface area contributed by atoms with Crippen molar-refractivity contribution >= 4 is 17.7 Å². The van der Waals surface area contributed by atoms with Gasteiger partial charge in [-0.2, -0.15) is 0 Å². The zero-order chi connectivity index (χ0) is 24.3. The van der Waals surface area contributed by atoms with E-state index in [9.17, 15) is 14.4 Å². The molecule has 3 spiro atoms. The van der Waals surface area contributed by atoms with Gasteiger partial charge in [-0.3, -0.25) is 14.4 Å². The Kier molecular flexibility index (Phi) is 4.30. The second kappa shape index (κ2) is 6.62. The molecule has 1 aromatic carbocycles. The summed E-state index contributed by atoms with van der Waals surface area (Å²) in [5.74, 6) is 0.211. The molecule has 7 rings (SSSR count). The number of hydrogen-bond acceptors (Lipinski definition) is 4. The molecule has 7 heteroatoms. The third-order valence-corrected chi connectivity index (χ3v) is 10.5. The van der Waals surface area contributed by atoms with Gasteiger partial charge in [0.15, 0.2) is 0 Å². The zero-order valence-corrected chi connectivity index (χ0v) is 20.8. The molecule has 6 atom stereocenters. The fourth-order valence-electron chi connectivity index (χ4n) is 8.70. The molecule has 1 aromatic rings. The van der Waals surface area contributed by atoms with E-state index in [1.807, 2.05) is 61.2 Å². The number of ether oxygens (including phenoxy) is 1. The minimum Gasteiger partial charge on any atom is -0.354 e. The van der Waals surface area contributed by atoms with E-state index >= 15 is 0 Å². The van der Waals surface area contributed by atoms with Crippen molar-refractivity contribution in [2.24, 2.45) is 16.7 Å². The number of piperazine rings is 1. The zero-order valence-electron chi connectivity index (χ0n) is 20.8. The van der Waals surface area contributed by atoms with Crippen molar-refractivity contribution in [2.45, 2.75) is 82.8 Å². The van der Waals surface area contributed by atoms with Crippen LogP contribution in [0.2, 0.25) is 0 Å². The molecule has 0 radical (unpaired) electrons. The Morgan fingerprint density at radius 3 is 2.44 bits per heavy atom. The molecule has 1 aliphatic carbocycles. The van der Waals surface area contributed by atoms with E-state index in [1.54, 1.807) is 4.90 Å². The fraction of sp³-hybridized carbons (Fsp3) is 0.667. The van der Waals surface area contributed by atoms with Crippen molar-refractivity contribution in [2.75, 3.05) is 14.1 Å². The molecule has 2 unspecified atom stereocenters. The van der Waals surface area contributed by atoms with E-state index in [2.05, 4.69) is 13.8 Å². The van der Waals surface area contributed by atoms with Gasteiger partial charge in [-0.15, -0.1) is 0 Å². The van der Waals surface area contributed by atoms with Crippen LogP contribution in [0.5, 0.6) is 0 Å². The normalized spacial score (nSPS) is 42.2. The minimum atomic E-state index is -0.752. The topological polar surface area (TPSA) is 70.2 Å². The van der Waals surface area contributed by atoms with E-state index in [-0.39, 0.29) is 35.9 Å². The number of carbonyl (C=O) groups is 3. The summed E-state index contributed by atoms with van der Waals surface area (Å²) < 4.78 is 6.30. The summed E-state index contributed by atoms with van der Waals surface area (Å²) in [5.41, 5.74) is -1.37. The Balaban J connectivity index is 1.40. The Labute approximate surface area is 201 Å². The highest BCUT2D eigenvalue weighted by Gasteiger charge is 2.82. The molecule has 5 saturated heterocycles. The predicted octanol–water partition coefficient (Wildman–Crippen LogP) is 2.79. The molecular formula is C27H35N3O4. The maximum Gasteiger partial charge on any atom is 0.249 e. The standard InChI is InChI=1S/C27H35N3O4/c1-17-13-19(31)30-21-24(2,3)25(16-26(21)11-12-27(17,30)23(33)29(26)5)14-20(28(4)22(25)32)34-15-18-9-7-6-8-10-18/h6-10,17,20-21H,11-16H2,1-5H3/t17-,20?,21?,25-,26+,27+/m0/s1. The van der Waals surface area contributed by atoms with Gasteiger partial charge in [0.25, 0.3) is 0 Å². The van der Waals surface area contributed by atoms with E-state index in [1.165, 1.54) is 0 Å². The highest BCUT2D eigenvalue weighted by Crippen LogP contribution is 2.71. The van der Waals surface area contributed by atoms with Gasteiger partial charge in [0, 0.05) is 32.4 Å². The summed E-state index contributed by atoms with van der Waals surface area (Å²) in [6, 6.07) is 9.84. The molecule has 182 valence electrons. The third kappa shape index (κ3) is 2.25. The molecule has 3 amide bonds. The van der Waals surface area contributed by atoms with Crippen molar-refractivity contribution in [1.29, 1.82) is 0 Å². The number of rotatable bonds is 3. The monoisotopic (exact) mass is 465 g/mol. The molecule has 6 aliphatic rings. The van der Waals surface area contributed by atoms with Gasteiger partial charge in [0.1, 0.15) is 11.8 Å². The van der Waals surface area contributed by atoms with Crippen LogP contribution in [0.25, 0.3) is 0 Å². The van der Waals surface area contributed by atoms with Gasteiger partial charge >= 0.3 is 0 Å². The number of nitrogens with zero attached hydrogens (tertiary/aromatic N) is 3.